The Labute approximate surface area is 133 Å². The third kappa shape index (κ3) is 3.50. The van der Waals surface area contributed by atoms with Gasteiger partial charge in [0.05, 0.1) is 17.9 Å². The van der Waals surface area contributed by atoms with E-state index >= 15 is 0 Å². The van der Waals surface area contributed by atoms with Gasteiger partial charge in [-0.15, -0.1) is 0 Å². The van der Waals surface area contributed by atoms with Gasteiger partial charge in [-0.2, -0.15) is 5.26 Å². The lowest BCUT2D eigenvalue weighted by Gasteiger charge is -2.42. The molecule has 0 aliphatic heterocycles. The number of anilines is 1. The lowest BCUT2D eigenvalue weighted by molar-refractivity contribution is -0.131. The van der Waals surface area contributed by atoms with Crippen LogP contribution in [0.1, 0.15) is 52.0 Å². The molecule has 2 atom stereocenters. The highest BCUT2D eigenvalue weighted by atomic mass is 16.2. The summed E-state index contributed by atoms with van der Waals surface area (Å²) in [5.74, 6) is 1.11. The van der Waals surface area contributed by atoms with E-state index in [1.54, 1.807) is 0 Å². The molecule has 2 unspecified atom stereocenters. The molecular weight excluding hydrogens is 272 g/mol. The molecule has 0 radical (unpaired) electrons. The molecule has 2 rings (SSSR count). The van der Waals surface area contributed by atoms with Gasteiger partial charge in [-0.05, 0) is 42.4 Å². The molecule has 1 aromatic rings. The van der Waals surface area contributed by atoms with Crippen LogP contribution in [0.4, 0.5) is 5.69 Å². The van der Waals surface area contributed by atoms with E-state index in [-0.39, 0.29) is 11.3 Å². The van der Waals surface area contributed by atoms with E-state index in [2.05, 4.69) is 32.2 Å². The summed E-state index contributed by atoms with van der Waals surface area (Å²) >= 11 is 0. The van der Waals surface area contributed by atoms with E-state index in [0.29, 0.717) is 18.3 Å². The molecule has 0 heterocycles. The Balaban J connectivity index is 2.13. The highest BCUT2D eigenvalue weighted by molar-refractivity contribution is 5.95. The third-order valence-electron chi connectivity index (χ3n) is 5.08. The van der Waals surface area contributed by atoms with Crippen LogP contribution in [0.3, 0.4) is 0 Å². The fourth-order valence-corrected chi connectivity index (χ4v) is 3.64. The molecule has 1 N–H and O–H groups in total. The van der Waals surface area contributed by atoms with Crippen LogP contribution in [0.15, 0.2) is 24.3 Å². The smallest absolute Gasteiger partial charge is 0.230 e. The van der Waals surface area contributed by atoms with Gasteiger partial charge in [-0.25, -0.2) is 0 Å². The summed E-state index contributed by atoms with van der Waals surface area (Å²) in [6, 6.07) is 9.74. The summed E-state index contributed by atoms with van der Waals surface area (Å²) in [6.45, 7) is 6.57. The molecule has 1 fully saturated rings. The first-order valence-corrected chi connectivity index (χ1v) is 8.25. The van der Waals surface area contributed by atoms with Gasteiger partial charge in [0.2, 0.25) is 5.91 Å². The molecule has 1 saturated carbocycles. The Morgan fingerprint density at radius 1 is 1.41 bits per heavy atom. The molecule has 0 aromatic heterocycles. The maximum Gasteiger partial charge on any atom is 0.230 e. The van der Waals surface area contributed by atoms with Crippen LogP contribution in [0.2, 0.25) is 0 Å². The summed E-state index contributed by atoms with van der Waals surface area (Å²) < 4.78 is 0. The minimum Gasteiger partial charge on any atom is -0.326 e. The second-order valence-corrected chi connectivity index (χ2v) is 7.00. The van der Waals surface area contributed by atoms with Crippen LogP contribution < -0.4 is 5.32 Å². The highest BCUT2D eigenvalue weighted by Crippen LogP contribution is 2.45. The van der Waals surface area contributed by atoms with Crippen molar-refractivity contribution in [2.45, 2.75) is 52.9 Å². The largest absolute Gasteiger partial charge is 0.326 e. The first-order chi connectivity index (χ1) is 10.5. The Morgan fingerprint density at radius 3 is 2.64 bits per heavy atom. The summed E-state index contributed by atoms with van der Waals surface area (Å²) in [7, 11) is 0. The van der Waals surface area contributed by atoms with Gasteiger partial charge in [-0.3, -0.25) is 4.79 Å². The third-order valence-corrected chi connectivity index (χ3v) is 5.08. The highest BCUT2D eigenvalue weighted by Gasteiger charge is 2.44. The van der Waals surface area contributed by atoms with Crippen molar-refractivity contribution in [1.82, 2.24) is 0 Å². The fraction of sp³-hybridized carbons (Fsp3) is 0.579. The Hall–Kier alpha value is -1.82. The molecule has 0 saturated heterocycles. The summed E-state index contributed by atoms with van der Waals surface area (Å²) in [5.41, 5.74) is 1.55. The minimum absolute atomic E-state index is 0.155. The van der Waals surface area contributed by atoms with Gasteiger partial charge in [0.25, 0.3) is 0 Å². The summed E-state index contributed by atoms with van der Waals surface area (Å²) in [5, 5.41) is 11.8. The summed E-state index contributed by atoms with van der Waals surface area (Å²) in [4.78, 5) is 12.9. The van der Waals surface area contributed by atoms with Crippen molar-refractivity contribution in [3.63, 3.8) is 0 Å². The van der Waals surface area contributed by atoms with Crippen LogP contribution in [0.5, 0.6) is 0 Å². The van der Waals surface area contributed by atoms with Crippen molar-refractivity contribution in [3.05, 3.63) is 29.8 Å². The number of nitrogens with zero attached hydrogens (tertiary/aromatic N) is 1. The SMILES string of the molecule is CC1CCCC(C(=O)Nc2ccc(CC#N)cc2)(C(C)C)C1. The van der Waals surface area contributed by atoms with E-state index in [9.17, 15) is 4.79 Å². The van der Waals surface area contributed by atoms with Crippen molar-refractivity contribution < 1.29 is 4.79 Å². The van der Waals surface area contributed by atoms with Crippen LogP contribution in [-0.2, 0) is 11.2 Å². The number of benzene rings is 1. The second-order valence-electron chi connectivity index (χ2n) is 7.00. The molecule has 1 amide bonds. The van der Waals surface area contributed by atoms with E-state index in [0.717, 1.165) is 30.5 Å². The molecule has 0 spiro atoms. The second kappa shape index (κ2) is 6.96. The molecule has 118 valence electrons. The van der Waals surface area contributed by atoms with Crippen molar-refractivity contribution in [2.24, 2.45) is 17.3 Å². The number of carbonyl (C=O) groups is 1. The first kappa shape index (κ1) is 16.5. The molecule has 1 aliphatic rings. The monoisotopic (exact) mass is 298 g/mol. The van der Waals surface area contributed by atoms with E-state index < -0.39 is 0 Å². The number of amides is 1. The van der Waals surface area contributed by atoms with Crippen LogP contribution in [0.25, 0.3) is 0 Å². The predicted octanol–water partition coefficient (Wildman–Crippen LogP) is 4.54. The molecule has 22 heavy (non-hydrogen) atoms. The molecule has 3 heteroatoms. The zero-order valence-electron chi connectivity index (χ0n) is 13.9. The number of hydrogen-bond donors (Lipinski definition) is 1. The maximum atomic E-state index is 12.9. The van der Waals surface area contributed by atoms with Crippen molar-refractivity contribution in [2.75, 3.05) is 5.32 Å². The molecular formula is C19H26N2O. The number of nitrogens with one attached hydrogen (secondary N) is 1. The van der Waals surface area contributed by atoms with Gasteiger partial charge >= 0.3 is 0 Å². The van der Waals surface area contributed by atoms with Gasteiger partial charge in [0.1, 0.15) is 0 Å². The quantitative estimate of drug-likeness (QED) is 0.887. The van der Waals surface area contributed by atoms with Crippen molar-refractivity contribution in [1.29, 1.82) is 5.26 Å². The topological polar surface area (TPSA) is 52.9 Å². The molecule has 1 aliphatic carbocycles. The number of rotatable bonds is 4. The Kier molecular flexibility index (Phi) is 5.24. The molecule has 1 aromatic carbocycles. The minimum atomic E-state index is -0.247. The lowest BCUT2D eigenvalue weighted by Crippen LogP contribution is -2.44. The maximum absolute atomic E-state index is 12.9. The lowest BCUT2D eigenvalue weighted by atomic mass is 9.63. The van der Waals surface area contributed by atoms with Crippen molar-refractivity contribution >= 4 is 11.6 Å². The molecule has 0 bridgehead atoms. The average Bonchev–Trinajstić information content (AvgIpc) is 2.49. The zero-order chi connectivity index (χ0) is 16.2. The number of nitriles is 1. The van der Waals surface area contributed by atoms with E-state index in [1.165, 1.54) is 6.42 Å². The first-order valence-electron chi connectivity index (χ1n) is 8.25. The zero-order valence-corrected chi connectivity index (χ0v) is 13.9. The molecule has 3 nitrogen and oxygen atoms in total. The van der Waals surface area contributed by atoms with Gasteiger partial charge in [0, 0.05) is 5.69 Å². The Morgan fingerprint density at radius 2 is 2.09 bits per heavy atom. The predicted molar refractivity (Wildman–Crippen MR) is 89.3 cm³/mol. The van der Waals surface area contributed by atoms with Crippen LogP contribution in [-0.4, -0.2) is 5.91 Å². The van der Waals surface area contributed by atoms with Gasteiger partial charge in [-0.1, -0.05) is 45.7 Å². The normalized spacial score (nSPS) is 24.8. The average molecular weight is 298 g/mol. The number of hydrogen-bond acceptors (Lipinski definition) is 2. The number of carbonyl (C=O) groups excluding carboxylic acids is 1. The van der Waals surface area contributed by atoms with Crippen LogP contribution >= 0.6 is 0 Å². The standard InChI is InChI=1S/C19H26N2O/c1-14(2)19(11-4-5-15(3)13-19)18(22)21-17-8-6-16(7-9-17)10-12-20/h6-9,14-15H,4-5,10-11,13H2,1-3H3,(H,21,22). The van der Waals surface area contributed by atoms with E-state index in [4.69, 9.17) is 5.26 Å². The summed E-state index contributed by atoms with van der Waals surface area (Å²) in [6.07, 6.45) is 4.72. The van der Waals surface area contributed by atoms with Crippen LogP contribution in [0, 0.1) is 28.6 Å². The Bertz CT molecular complexity index is 556. The van der Waals surface area contributed by atoms with Gasteiger partial charge in [0.15, 0.2) is 0 Å². The van der Waals surface area contributed by atoms with Gasteiger partial charge < -0.3 is 5.32 Å². The van der Waals surface area contributed by atoms with Crippen molar-refractivity contribution in [3.8, 4) is 6.07 Å². The fourth-order valence-electron chi connectivity index (χ4n) is 3.64. The van der Waals surface area contributed by atoms with E-state index in [1.807, 2.05) is 24.3 Å².